The van der Waals surface area contributed by atoms with Gasteiger partial charge in [0.25, 0.3) is 0 Å². The molecule has 0 radical (unpaired) electrons. The summed E-state index contributed by atoms with van der Waals surface area (Å²) in [6.45, 7) is 1.31. The van der Waals surface area contributed by atoms with Gasteiger partial charge in [-0.3, -0.25) is 4.79 Å². The maximum atomic E-state index is 12.6. The number of carbonyl (C=O) groups is 1. The average molecular weight is 357 g/mol. The molecule has 1 aromatic carbocycles. The van der Waals surface area contributed by atoms with Crippen molar-refractivity contribution in [3.05, 3.63) is 42.1 Å². The molecule has 0 N–H and O–H groups in total. The van der Waals surface area contributed by atoms with E-state index in [9.17, 15) is 4.79 Å². The molecule has 2 heterocycles. The van der Waals surface area contributed by atoms with Crippen LogP contribution in [0, 0.1) is 0 Å². The van der Waals surface area contributed by atoms with E-state index >= 15 is 0 Å². The summed E-state index contributed by atoms with van der Waals surface area (Å²) in [4.78, 5) is 22.6. The zero-order valence-electron chi connectivity index (χ0n) is 15.1. The molecule has 1 aliphatic rings. The summed E-state index contributed by atoms with van der Waals surface area (Å²) in [6.07, 6.45) is 3.68. The molecular weight excluding hydrogens is 334 g/mol. The van der Waals surface area contributed by atoms with E-state index in [1.807, 2.05) is 29.2 Å². The molecule has 1 fully saturated rings. The summed E-state index contributed by atoms with van der Waals surface area (Å²) in [7, 11) is 3.14. The molecule has 0 saturated carbocycles. The molecule has 0 bridgehead atoms. The molecule has 1 saturated heterocycles. The van der Waals surface area contributed by atoms with Crippen LogP contribution in [0.2, 0.25) is 0 Å². The third-order valence-electron chi connectivity index (χ3n) is 4.32. The van der Waals surface area contributed by atoms with Crippen LogP contribution in [0.3, 0.4) is 0 Å². The molecule has 1 aliphatic heterocycles. The second-order valence-electron chi connectivity index (χ2n) is 6.13. The topological polar surface area (TPSA) is 73.8 Å². The highest BCUT2D eigenvalue weighted by Gasteiger charge is 2.25. The molecule has 1 amide bonds. The molecule has 1 atom stereocenters. The van der Waals surface area contributed by atoms with Gasteiger partial charge in [0.05, 0.1) is 27.2 Å². The average Bonchev–Trinajstić information content (AvgIpc) is 2.69. The minimum absolute atomic E-state index is 0.0804. The first-order valence-electron chi connectivity index (χ1n) is 8.62. The van der Waals surface area contributed by atoms with Crippen molar-refractivity contribution in [2.24, 2.45) is 0 Å². The van der Waals surface area contributed by atoms with Crippen LogP contribution < -0.4 is 14.2 Å². The van der Waals surface area contributed by atoms with Crippen LogP contribution in [0.4, 0.5) is 0 Å². The van der Waals surface area contributed by atoms with Gasteiger partial charge < -0.3 is 19.1 Å². The molecule has 1 unspecified atom stereocenters. The van der Waals surface area contributed by atoms with Crippen molar-refractivity contribution in [2.75, 3.05) is 27.3 Å². The van der Waals surface area contributed by atoms with E-state index in [0.29, 0.717) is 18.8 Å². The molecule has 0 spiro atoms. The second kappa shape index (κ2) is 8.51. The monoisotopic (exact) mass is 357 g/mol. The lowest BCUT2D eigenvalue weighted by molar-refractivity contribution is -0.133. The Morgan fingerprint density at radius 1 is 1.19 bits per heavy atom. The summed E-state index contributed by atoms with van der Waals surface area (Å²) in [5, 5.41) is 0. The molecular formula is C19H23N3O4. The van der Waals surface area contributed by atoms with Gasteiger partial charge in [0.15, 0.2) is 0 Å². The Hall–Kier alpha value is -2.83. The van der Waals surface area contributed by atoms with Gasteiger partial charge in [-0.2, -0.15) is 4.98 Å². The van der Waals surface area contributed by atoms with Crippen molar-refractivity contribution in [3.8, 4) is 17.6 Å². The van der Waals surface area contributed by atoms with Crippen LogP contribution >= 0.6 is 0 Å². The Labute approximate surface area is 152 Å². The number of amides is 1. The highest BCUT2D eigenvalue weighted by molar-refractivity contribution is 5.79. The van der Waals surface area contributed by atoms with Crippen molar-refractivity contribution in [3.63, 3.8) is 0 Å². The molecule has 2 aromatic rings. The lowest BCUT2D eigenvalue weighted by Gasteiger charge is -2.32. The summed E-state index contributed by atoms with van der Waals surface area (Å²) < 4.78 is 16.1. The fourth-order valence-corrected chi connectivity index (χ4v) is 2.95. The Morgan fingerprint density at radius 3 is 2.73 bits per heavy atom. The smallest absolute Gasteiger partial charge is 0.319 e. The van der Waals surface area contributed by atoms with Gasteiger partial charge >= 0.3 is 6.01 Å². The summed E-state index contributed by atoms with van der Waals surface area (Å²) in [6, 6.07) is 9.54. The molecule has 7 nitrogen and oxygen atoms in total. The van der Waals surface area contributed by atoms with Gasteiger partial charge in [-0.25, -0.2) is 4.98 Å². The van der Waals surface area contributed by atoms with Gasteiger partial charge in [-0.15, -0.1) is 0 Å². The van der Waals surface area contributed by atoms with Crippen LogP contribution in [0.5, 0.6) is 17.6 Å². The quantitative estimate of drug-likeness (QED) is 0.788. The van der Waals surface area contributed by atoms with E-state index in [1.54, 1.807) is 19.4 Å². The first-order chi connectivity index (χ1) is 12.7. The number of nitrogens with zero attached hydrogens (tertiary/aromatic N) is 3. The number of methoxy groups -OCH3 is 2. The first kappa shape index (κ1) is 18.0. The normalized spacial score (nSPS) is 16.8. The third-order valence-corrected chi connectivity index (χ3v) is 4.32. The predicted octanol–water partition coefficient (Wildman–Crippen LogP) is 2.11. The Kier molecular flexibility index (Phi) is 5.88. The van der Waals surface area contributed by atoms with Gasteiger partial charge in [0.1, 0.15) is 11.9 Å². The van der Waals surface area contributed by atoms with E-state index in [4.69, 9.17) is 14.2 Å². The summed E-state index contributed by atoms with van der Waals surface area (Å²) in [5.74, 6) is 1.35. The van der Waals surface area contributed by atoms with Crippen LogP contribution in [-0.2, 0) is 11.2 Å². The van der Waals surface area contributed by atoms with Gasteiger partial charge in [0, 0.05) is 18.8 Å². The molecule has 1 aromatic heterocycles. The first-order valence-corrected chi connectivity index (χ1v) is 8.62. The van der Waals surface area contributed by atoms with Crippen LogP contribution in [0.25, 0.3) is 0 Å². The zero-order valence-corrected chi connectivity index (χ0v) is 15.1. The van der Waals surface area contributed by atoms with Crippen molar-refractivity contribution in [1.29, 1.82) is 0 Å². The maximum absolute atomic E-state index is 12.6. The van der Waals surface area contributed by atoms with E-state index < -0.39 is 0 Å². The highest BCUT2D eigenvalue weighted by atomic mass is 16.5. The summed E-state index contributed by atoms with van der Waals surface area (Å²) in [5.41, 5.74) is 0.972. The number of aromatic nitrogens is 2. The van der Waals surface area contributed by atoms with Gasteiger partial charge in [-0.05, 0) is 30.5 Å². The van der Waals surface area contributed by atoms with Crippen LogP contribution in [-0.4, -0.2) is 54.2 Å². The van der Waals surface area contributed by atoms with Crippen molar-refractivity contribution in [2.45, 2.75) is 25.4 Å². The van der Waals surface area contributed by atoms with Crippen molar-refractivity contribution in [1.82, 2.24) is 14.9 Å². The van der Waals surface area contributed by atoms with Crippen LogP contribution in [0.1, 0.15) is 18.4 Å². The minimum Gasteiger partial charge on any atom is -0.497 e. The number of rotatable bonds is 6. The van der Waals surface area contributed by atoms with Gasteiger partial charge in [-0.1, -0.05) is 12.1 Å². The molecule has 26 heavy (non-hydrogen) atoms. The maximum Gasteiger partial charge on any atom is 0.319 e. The van der Waals surface area contributed by atoms with Gasteiger partial charge in [0.2, 0.25) is 11.8 Å². The largest absolute Gasteiger partial charge is 0.497 e. The predicted molar refractivity (Wildman–Crippen MR) is 95.5 cm³/mol. The van der Waals surface area contributed by atoms with E-state index in [2.05, 4.69) is 9.97 Å². The molecule has 3 rings (SSSR count). The fraction of sp³-hybridized carbons (Fsp3) is 0.421. The number of hydrogen-bond acceptors (Lipinski definition) is 6. The number of carbonyl (C=O) groups excluding carboxylic acids is 1. The SMILES string of the molecule is COc1ccc(CC(=O)N2CCCC(Oc3ccnc(OC)n3)C2)cc1. The zero-order chi connectivity index (χ0) is 18.4. The molecule has 7 heteroatoms. The number of piperidine rings is 1. The van der Waals surface area contributed by atoms with E-state index in [-0.39, 0.29) is 18.0 Å². The summed E-state index contributed by atoms with van der Waals surface area (Å²) >= 11 is 0. The Bertz CT molecular complexity index is 736. The lowest BCUT2D eigenvalue weighted by Crippen LogP contribution is -2.45. The fourth-order valence-electron chi connectivity index (χ4n) is 2.95. The minimum atomic E-state index is -0.0804. The number of likely N-dealkylation sites (tertiary alicyclic amines) is 1. The number of benzene rings is 1. The van der Waals surface area contributed by atoms with Crippen molar-refractivity contribution < 1.29 is 19.0 Å². The Morgan fingerprint density at radius 2 is 2.00 bits per heavy atom. The third kappa shape index (κ3) is 4.62. The number of ether oxygens (including phenoxy) is 3. The number of hydrogen-bond donors (Lipinski definition) is 0. The standard InChI is InChI=1S/C19H23N3O4/c1-24-15-7-5-14(6-8-15)12-18(23)22-11-3-4-16(13-22)26-17-9-10-20-19(21-17)25-2/h5-10,16H,3-4,11-13H2,1-2H3. The lowest BCUT2D eigenvalue weighted by atomic mass is 10.1. The van der Waals surface area contributed by atoms with E-state index in [0.717, 1.165) is 30.7 Å². The molecule has 138 valence electrons. The Balaban J connectivity index is 1.57. The van der Waals surface area contributed by atoms with Crippen LogP contribution in [0.15, 0.2) is 36.5 Å². The van der Waals surface area contributed by atoms with Crippen molar-refractivity contribution >= 4 is 5.91 Å². The second-order valence-corrected chi connectivity index (χ2v) is 6.13. The van der Waals surface area contributed by atoms with E-state index in [1.165, 1.54) is 7.11 Å². The highest BCUT2D eigenvalue weighted by Crippen LogP contribution is 2.19. The molecule has 0 aliphatic carbocycles.